The maximum absolute atomic E-state index is 14.3. The molecule has 4 fully saturated rings. The number of carbonyl (C=O) groups excluding carboxylic acids is 1. The molecule has 0 aliphatic heterocycles. The van der Waals surface area contributed by atoms with Gasteiger partial charge in [0.25, 0.3) is 0 Å². The highest BCUT2D eigenvalue weighted by Crippen LogP contribution is 2.62. The molecule has 8 rings (SSSR count). The minimum absolute atomic E-state index is 0.0544. The molecule has 286 valence electrons. The van der Waals surface area contributed by atoms with Crippen molar-refractivity contribution in [2.24, 2.45) is 28.6 Å². The quantitative estimate of drug-likeness (QED) is 0.156. The van der Waals surface area contributed by atoms with E-state index in [-0.39, 0.29) is 30.0 Å². The Morgan fingerprint density at radius 1 is 1.04 bits per heavy atom. The van der Waals surface area contributed by atoms with Gasteiger partial charge in [0, 0.05) is 36.2 Å². The molecule has 6 aliphatic carbocycles. The molecule has 4 N–H and O–H groups in total. The molecule has 6 nitrogen and oxygen atoms in total. The van der Waals surface area contributed by atoms with Crippen LogP contribution in [0.5, 0.6) is 0 Å². The van der Waals surface area contributed by atoms with Crippen molar-refractivity contribution >= 4 is 5.78 Å². The molecule has 0 radical (unpaired) electrons. The molecule has 8 unspecified atom stereocenters. The monoisotopic (exact) mass is 725 g/mol. The molecule has 8 atom stereocenters. The Balaban J connectivity index is 1.40. The summed E-state index contributed by atoms with van der Waals surface area (Å²) >= 11 is 0. The molecule has 2 aromatic rings. The van der Waals surface area contributed by atoms with E-state index in [1.807, 2.05) is 12.1 Å². The summed E-state index contributed by atoms with van der Waals surface area (Å²) in [5.41, 5.74) is 0.276. The van der Waals surface area contributed by atoms with Gasteiger partial charge in [-0.1, -0.05) is 56.7 Å². The fourth-order valence-electron chi connectivity index (χ4n) is 10.6. The van der Waals surface area contributed by atoms with E-state index in [0.29, 0.717) is 74.5 Å². The van der Waals surface area contributed by atoms with Crippen molar-refractivity contribution in [2.75, 3.05) is 26.2 Å². The van der Waals surface area contributed by atoms with Crippen molar-refractivity contribution in [1.82, 2.24) is 4.90 Å². The number of halogens is 3. The molecule has 4 bridgehead atoms. The number of benzene rings is 2. The van der Waals surface area contributed by atoms with Gasteiger partial charge in [-0.25, -0.2) is 0 Å². The normalized spacial score (nSPS) is 32.5. The zero-order valence-corrected chi connectivity index (χ0v) is 31.3. The fourth-order valence-corrected chi connectivity index (χ4v) is 10.6. The lowest BCUT2D eigenvalue weighted by Crippen LogP contribution is -2.58. The summed E-state index contributed by atoms with van der Waals surface area (Å²) in [5.74, 6) is 0.944. The predicted octanol–water partition coefficient (Wildman–Crippen LogP) is 7.70. The van der Waals surface area contributed by atoms with Crippen LogP contribution in [0.1, 0.15) is 124 Å². The van der Waals surface area contributed by atoms with Crippen LogP contribution in [-0.4, -0.2) is 75.2 Å². The number of ketones is 1. The summed E-state index contributed by atoms with van der Waals surface area (Å²) in [4.78, 5) is 16.5. The Morgan fingerprint density at radius 2 is 1.81 bits per heavy atom. The van der Waals surface area contributed by atoms with Crippen molar-refractivity contribution in [3.8, 4) is 0 Å². The van der Waals surface area contributed by atoms with Crippen molar-refractivity contribution in [2.45, 2.75) is 122 Å². The summed E-state index contributed by atoms with van der Waals surface area (Å²) in [6.45, 7) is 9.75. The Bertz CT molecular complexity index is 1640. The number of aliphatic hydroxyl groups is 4. The third-order valence-corrected chi connectivity index (χ3v) is 14.0. The zero-order valence-electron chi connectivity index (χ0n) is 31.3. The second kappa shape index (κ2) is 14.9. The third kappa shape index (κ3) is 7.68. The molecular formula is C43H58F3NO5. The van der Waals surface area contributed by atoms with Crippen LogP contribution in [0.3, 0.4) is 0 Å². The number of fused-ring (bicyclic) bond motifs is 10. The lowest BCUT2D eigenvalue weighted by Gasteiger charge is -2.61. The van der Waals surface area contributed by atoms with E-state index in [0.717, 1.165) is 36.6 Å². The lowest BCUT2D eigenvalue weighted by atomic mass is 9.45. The number of allylic oxidation sites excluding steroid dienone is 2. The van der Waals surface area contributed by atoms with Crippen molar-refractivity contribution < 1.29 is 38.4 Å². The maximum Gasteiger partial charge on any atom is 0.416 e. The Morgan fingerprint density at radius 3 is 2.50 bits per heavy atom. The molecule has 0 spiro atoms. The van der Waals surface area contributed by atoms with Gasteiger partial charge in [0.05, 0.1) is 30.0 Å². The molecule has 4 saturated carbocycles. The van der Waals surface area contributed by atoms with Gasteiger partial charge in [-0.3, -0.25) is 9.69 Å². The van der Waals surface area contributed by atoms with Crippen LogP contribution in [0.15, 0.2) is 54.1 Å². The number of hydrogen-bond acceptors (Lipinski definition) is 6. The van der Waals surface area contributed by atoms with Crippen LogP contribution in [-0.2, 0) is 12.6 Å². The second-order valence-electron chi connectivity index (χ2n) is 17.6. The number of nitrogens with zero attached hydrogens (tertiary/aromatic N) is 1. The SMILES string of the molecule is CC1=CCCC2(C)C(CCC2(O)CN(CC(O)CO)CC2CCC3CC2C3(C)C)c2ccc(cc2C(=O)c2cccc(C(F)(F)F)c2)CC(O)CC1. The summed E-state index contributed by atoms with van der Waals surface area (Å²) < 4.78 is 41.3. The Labute approximate surface area is 307 Å². The van der Waals surface area contributed by atoms with Gasteiger partial charge in [0.2, 0.25) is 0 Å². The smallest absolute Gasteiger partial charge is 0.394 e. The minimum Gasteiger partial charge on any atom is -0.394 e. The van der Waals surface area contributed by atoms with Crippen LogP contribution < -0.4 is 0 Å². The van der Waals surface area contributed by atoms with E-state index < -0.39 is 40.7 Å². The first-order valence-corrected chi connectivity index (χ1v) is 19.4. The third-order valence-electron chi connectivity index (χ3n) is 14.0. The van der Waals surface area contributed by atoms with Crippen LogP contribution >= 0.6 is 0 Å². The maximum atomic E-state index is 14.3. The molecule has 0 saturated heterocycles. The minimum atomic E-state index is -4.60. The molecule has 0 aromatic heterocycles. The first kappa shape index (κ1) is 39.1. The Hall–Kier alpha value is -2.56. The van der Waals surface area contributed by atoms with Gasteiger partial charge >= 0.3 is 6.18 Å². The number of alkyl halides is 3. The highest BCUT2D eigenvalue weighted by Gasteiger charge is 2.58. The second-order valence-corrected chi connectivity index (χ2v) is 17.6. The largest absolute Gasteiger partial charge is 0.416 e. The summed E-state index contributed by atoms with van der Waals surface area (Å²) in [7, 11) is 0. The van der Waals surface area contributed by atoms with Crippen molar-refractivity contribution in [3.63, 3.8) is 0 Å². The molecule has 52 heavy (non-hydrogen) atoms. The fraction of sp³-hybridized carbons (Fsp3) is 0.651. The van der Waals surface area contributed by atoms with E-state index in [9.17, 15) is 38.4 Å². The number of rotatable bonds is 9. The topological polar surface area (TPSA) is 101 Å². The van der Waals surface area contributed by atoms with E-state index >= 15 is 0 Å². The highest BCUT2D eigenvalue weighted by molar-refractivity contribution is 6.10. The standard InChI is InChI=1S/C43H58F3NO5/c1-27-7-6-17-41(4)37(16-18-42(41,52)26-47(24-34(50)25-48)23-30-12-13-31-22-38(30)40(31,2)3)35-15-11-28(19-33(49)14-10-27)20-36(35)39(51)29-8-5-9-32(21-29)43(44,45)46/h5,7-9,11,15,20-21,30-31,33-34,37-38,48-50,52H,6,10,12-14,16-19,22-26H2,1-4H3. The number of carbonyl (C=O) groups is 1. The zero-order chi connectivity index (χ0) is 37.6. The number of aliphatic hydroxyl groups excluding tert-OH is 3. The summed E-state index contributed by atoms with van der Waals surface area (Å²) in [6.07, 6.45) is 3.31. The average molecular weight is 726 g/mol. The van der Waals surface area contributed by atoms with Crippen molar-refractivity contribution in [3.05, 3.63) is 81.9 Å². The van der Waals surface area contributed by atoms with Gasteiger partial charge < -0.3 is 20.4 Å². The molecule has 0 amide bonds. The van der Waals surface area contributed by atoms with Gasteiger partial charge in [-0.2, -0.15) is 13.2 Å². The summed E-state index contributed by atoms with van der Waals surface area (Å²) in [6, 6.07) is 10.1. The molecule has 0 heterocycles. The molecular weight excluding hydrogens is 667 g/mol. The van der Waals surface area contributed by atoms with E-state index in [1.54, 1.807) is 6.07 Å². The number of hydrogen-bond donors (Lipinski definition) is 4. The predicted molar refractivity (Wildman–Crippen MR) is 196 cm³/mol. The Kier molecular flexibility index (Phi) is 11.2. The van der Waals surface area contributed by atoms with Crippen LogP contribution in [0, 0.1) is 28.6 Å². The highest BCUT2D eigenvalue weighted by atomic mass is 19.4. The van der Waals surface area contributed by atoms with Gasteiger partial charge in [0.1, 0.15) is 0 Å². The molecule has 9 heteroatoms. The van der Waals surface area contributed by atoms with Crippen LogP contribution in [0.4, 0.5) is 13.2 Å². The van der Waals surface area contributed by atoms with E-state index in [2.05, 4.69) is 38.7 Å². The van der Waals surface area contributed by atoms with Crippen LogP contribution in [0.25, 0.3) is 0 Å². The summed E-state index contributed by atoms with van der Waals surface area (Å²) in [5, 5.41) is 44.5. The van der Waals surface area contributed by atoms with E-state index in [1.165, 1.54) is 30.5 Å². The van der Waals surface area contributed by atoms with Gasteiger partial charge in [-0.15, -0.1) is 0 Å². The average Bonchev–Trinajstić information content (AvgIpc) is 3.34. The van der Waals surface area contributed by atoms with Gasteiger partial charge in [0.15, 0.2) is 5.78 Å². The molecule has 6 aliphatic rings. The first-order chi connectivity index (χ1) is 24.4. The van der Waals surface area contributed by atoms with Crippen molar-refractivity contribution in [1.29, 1.82) is 0 Å². The van der Waals surface area contributed by atoms with Gasteiger partial charge in [-0.05, 0) is 130 Å². The molecule has 2 aromatic carbocycles. The van der Waals surface area contributed by atoms with E-state index in [4.69, 9.17) is 0 Å². The van der Waals surface area contributed by atoms with Crippen LogP contribution in [0.2, 0.25) is 0 Å². The lowest BCUT2D eigenvalue weighted by molar-refractivity contribution is -0.137. The first-order valence-electron chi connectivity index (χ1n) is 19.4.